The van der Waals surface area contributed by atoms with Gasteiger partial charge >= 0.3 is 5.97 Å². The van der Waals surface area contributed by atoms with E-state index in [4.69, 9.17) is 0 Å². The van der Waals surface area contributed by atoms with E-state index in [0.717, 1.165) is 5.69 Å². The summed E-state index contributed by atoms with van der Waals surface area (Å²) < 4.78 is 0. The van der Waals surface area contributed by atoms with E-state index in [2.05, 4.69) is 34.4 Å². The zero-order valence-electron chi connectivity index (χ0n) is 13.9. The molecule has 0 bridgehead atoms. The molecule has 6 heteroatoms. The molecule has 1 heterocycles. The van der Waals surface area contributed by atoms with Crippen molar-refractivity contribution in [2.75, 3.05) is 10.6 Å². The van der Waals surface area contributed by atoms with Crippen LogP contribution in [-0.4, -0.2) is 21.0 Å². The maximum atomic E-state index is 11.3. The summed E-state index contributed by atoms with van der Waals surface area (Å²) in [7, 11) is 0. The Morgan fingerprint density at radius 2 is 1.64 bits per heavy atom. The summed E-state index contributed by atoms with van der Waals surface area (Å²) in [5, 5.41) is 15.5. The molecule has 0 fully saturated rings. The minimum Gasteiger partial charge on any atom is -0.478 e. The molecule has 0 radical (unpaired) electrons. The van der Waals surface area contributed by atoms with Gasteiger partial charge in [-0.3, -0.25) is 0 Å². The predicted molar refractivity (Wildman–Crippen MR) is 97.9 cm³/mol. The van der Waals surface area contributed by atoms with Gasteiger partial charge in [-0.1, -0.05) is 18.2 Å². The largest absolute Gasteiger partial charge is 0.478 e. The van der Waals surface area contributed by atoms with E-state index in [1.807, 2.05) is 18.2 Å². The fourth-order valence-corrected chi connectivity index (χ4v) is 2.38. The minimum absolute atomic E-state index is 0.185. The highest BCUT2D eigenvalue weighted by Crippen LogP contribution is 2.23. The fourth-order valence-electron chi connectivity index (χ4n) is 2.38. The molecule has 0 aliphatic rings. The lowest BCUT2D eigenvalue weighted by Gasteiger charge is -2.11. The maximum absolute atomic E-state index is 11.3. The molecule has 25 heavy (non-hydrogen) atoms. The lowest BCUT2D eigenvalue weighted by molar-refractivity contribution is 0.0698. The molecular weight excluding hydrogens is 316 g/mol. The number of rotatable bonds is 5. The number of anilines is 4. The average Bonchev–Trinajstić information content (AvgIpc) is 2.59. The Bertz CT molecular complexity index is 925. The first-order chi connectivity index (χ1) is 12.0. The molecule has 0 aliphatic carbocycles. The second-order valence-electron chi connectivity index (χ2n) is 5.69. The number of aromatic nitrogens is 2. The van der Waals surface area contributed by atoms with E-state index in [1.165, 1.54) is 17.5 Å². The molecule has 0 saturated carbocycles. The summed E-state index contributed by atoms with van der Waals surface area (Å²) in [6.45, 7) is 4.11. The Kier molecular flexibility index (Phi) is 4.61. The summed E-state index contributed by atoms with van der Waals surface area (Å²) in [6, 6.07) is 14.5. The van der Waals surface area contributed by atoms with Gasteiger partial charge in [-0.15, -0.1) is 0 Å². The standard InChI is InChI=1S/C19H18N4O2/c1-12-7-8-14(9-13(12)2)22-17-10-18(21-11-20-17)23-16-6-4-3-5-15(16)19(24)25/h3-11H,1-2H3,(H,24,25)(H2,20,21,22,23). The van der Waals surface area contributed by atoms with E-state index in [9.17, 15) is 9.90 Å². The number of carboxylic acids is 1. The molecule has 0 amide bonds. The first-order valence-electron chi connectivity index (χ1n) is 7.78. The molecular formula is C19H18N4O2. The van der Waals surface area contributed by atoms with Gasteiger partial charge in [-0.05, 0) is 49.2 Å². The second-order valence-corrected chi connectivity index (χ2v) is 5.69. The van der Waals surface area contributed by atoms with Gasteiger partial charge in [0.15, 0.2) is 0 Å². The van der Waals surface area contributed by atoms with Crippen LogP contribution in [0.3, 0.4) is 0 Å². The van der Waals surface area contributed by atoms with Gasteiger partial charge in [0.1, 0.15) is 18.0 Å². The third-order valence-electron chi connectivity index (χ3n) is 3.87. The molecule has 126 valence electrons. The first-order valence-corrected chi connectivity index (χ1v) is 7.78. The van der Waals surface area contributed by atoms with Crippen LogP contribution in [0.15, 0.2) is 54.9 Å². The van der Waals surface area contributed by atoms with E-state index < -0.39 is 5.97 Å². The number of nitrogens with zero attached hydrogens (tertiary/aromatic N) is 2. The van der Waals surface area contributed by atoms with Gasteiger partial charge in [0.2, 0.25) is 0 Å². The molecule has 6 nitrogen and oxygen atoms in total. The SMILES string of the molecule is Cc1ccc(Nc2cc(Nc3ccccc3C(=O)O)ncn2)cc1C. The highest BCUT2D eigenvalue weighted by atomic mass is 16.4. The van der Waals surface area contributed by atoms with Crippen LogP contribution in [-0.2, 0) is 0 Å². The number of hydrogen-bond acceptors (Lipinski definition) is 5. The molecule has 3 aromatic rings. The van der Waals surface area contributed by atoms with Crippen LogP contribution in [0.4, 0.5) is 23.0 Å². The minimum atomic E-state index is -0.995. The monoisotopic (exact) mass is 334 g/mol. The molecule has 2 aromatic carbocycles. The van der Waals surface area contributed by atoms with Crippen LogP contribution in [0.5, 0.6) is 0 Å². The Labute approximate surface area is 145 Å². The van der Waals surface area contributed by atoms with Crippen LogP contribution >= 0.6 is 0 Å². The molecule has 0 unspecified atom stereocenters. The number of benzene rings is 2. The average molecular weight is 334 g/mol. The highest BCUT2D eigenvalue weighted by molar-refractivity contribution is 5.95. The number of para-hydroxylation sites is 1. The zero-order chi connectivity index (χ0) is 17.8. The van der Waals surface area contributed by atoms with Crippen LogP contribution in [0.1, 0.15) is 21.5 Å². The lowest BCUT2D eigenvalue weighted by atomic mass is 10.1. The summed E-state index contributed by atoms with van der Waals surface area (Å²) in [6.07, 6.45) is 1.43. The number of aryl methyl sites for hydroxylation is 2. The van der Waals surface area contributed by atoms with Gasteiger partial charge < -0.3 is 15.7 Å². The topological polar surface area (TPSA) is 87.1 Å². The van der Waals surface area contributed by atoms with Gasteiger partial charge in [0, 0.05) is 11.8 Å². The van der Waals surface area contributed by atoms with Crippen molar-refractivity contribution in [3.05, 3.63) is 71.5 Å². The second kappa shape index (κ2) is 7.00. The Morgan fingerprint density at radius 3 is 2.36 bits per heavy atom. The first kappa shape index (κ1) is 16.4. The molecule has 3 rings (SSSR count). The van der Waals surface area contributed by atoms with Crippen molar-refractivity contribution < 1.29 is 9.90 Å². The van der Waals surface area contributed by atoms with E-state index >= 15 is 0 Å². The summed E-state index contributed by atoms with van der Waals surface area (Å²) >= 11 is 0. The van der Waals surface area contributed by atoms with Crippen molar-refractivity contribution in [1.82, 2.24) is 9.97 Å². The lowest BCUT2D eigenvalue weighted by Crippen LogP contribution is -2.04. The molecule has 0 atom stereocenters. The molecule has 1 aromatic heterocycles. The summed E-state index contributed by atoms with van der Waals surface area (Å²) in [5.74, 6) is 0.134. The Morgan fingerprint density at radius 1 is 0.920 bits per heavy atom. The Hall–Kier alpha value is -3.41. The van der Waals surface area contributed by atoms with Gasteiger partial charge in [-0.25, -0.2) is 14.8 Å². The van der Waals surface area contributed by atoms with Crippen molar-refractivity contribution >= 4 is 29.0 Å². The van der Waals surface area contributed by atoms with Crippen molar-refractivity contribution in [2.24, 2.45) is 0 Å². The molecule has 0 saturated heterocycles. The number of nitrogens with one attached hydrogen (secondary N) is 2. The van der Waals surface area contributed by atoms with Gasteiger partial charge in [-0.2, -0.15) is 0 Å². The van der Waals surface area contributed by atoms with E-state index in [-0.39, 0.29) is 5.56 Å². The highest BCUT2D eigenvalue weighted by Gasteiger charge is 2.10. The molecule has 3 N–H and O–H groups in total. The quantitative estimate of drug-likeness (QED) is 0.645. The van der Waals surface area contributed by atoms with E-state index in [1.54, 1.807) is 30.3 Å². The van der Waals surface area contributed by atoms with Crippen LogP contribution in [0.2, 0.25) is 0 Å². The maximum Gasteiger partial charge on any atom is 0.337 e. The zero-order valence-corrected chi connectivity index (χ0v) is 13.9. The third-order valence-corrected chi connectivity index (χ3v) is 3.87. The van der Waals surface area contributed by atoms with Crippen molar-refractivity contribution in [3.8, 4) is 0 Å². The smallest absolute Gasteiger partial charge is 0.337 e. The summed E-state index contributed by atoms with van der Waals surface area (Å²) in [4.78, 5) is 19.7. The van der Waals surface area contributed by atoms with Crippen molar-refractivity contribution in [3.63, 3.8) is 0 Å². The molecule has 0 spiro atoms. The van der Waals surface area contributed by atoms with Crippen molar-refractivity contribution in [2.45, 2.75) is 13.8 Å². The number of hydrogen-bond donors (Lipinski definition) is 3. The van der Waals surface area contributed by atoms with Crippen LogP contribution in [0.25, 0.3) is 0 Å². The predicted octanol–water partition coefficient (Wildman–Crippen LogP) is 4.28. The summed E-state index contributed by atoms with van der Waals surface area (Å²) in [5.41, 5.74) is 4.00. The number of aromatic carboxylic acids is 1. The van der Waals surface area contributed by atoms with Crippen LogP contribution < -0.4 is 10.6 Å². The normalized spacial score (nSPS) is 10.3. The van der Waals surface area contributed by atoms with Gasteiger partial charge in [0.25, 0.3) is 0 Å². The van der Waals surface area contributed by atoms with Crippen molar-refractivity contribution in [1.29, 1.82) is 0 Å². The van der Waals surface area contributed by atoms with Crippen LogP contribution in [0, 0.1) is 13.8 Å². The van der Waals surface area contributed by atoms with Gasteiger partial charge in [0.05, 0.1) is 11.3 Å². The number of carboxylic acid groups (broad SMARTS) is 1. The number of carbonyl (C=O) groups is 1. The third kappa shape index (κ3) is 3.92. The Balaban J connectivity index is 1.82. The molecule has 0 aliphatic heterocycles. The fraction of sp³-hybridized carbons (Fsp3) is 0.105. The van der Waals surface area contributed by atoms with E-state index in [0.29, 0.717) is 17.3 Å².